The highest BCUT2D eigenvalue weighted by Gasteiger charge is 2.15. The van der Waals surface area contributed by atoms with Crippen molar-refractivity contribution in [3.8, 4) is 5.75 Å². The molecule has 86 valence electrons. The molecule has 5 nitrogen and oxygen atoms in total. The van der Waals surface area contributed by atoms with Crippen molar-refractivity contribution in [1.29, 1.82) is 0 Å². The fraction of sp³-hybridized carbons (Fsp3) is 0.200. The van der Waals surface area contributed by atoms with Crippen molar-refractivity contribution in [1.82, 2.24) is 5.32 Å². The van der Waals surface area contributed by atoms with E-state index in [1.807, 2.05) is 5.32 Å². The molecule has 0 heterocycles. The first-order valence-electron chi connectivity index (χ1n) is 4.51. The molecule has 1 aromatic carbocycles. The van der Waals surface area contributed by atoms with Crippen molar-refractivity contribution in [2.24, 2.45) is 5.73 Å². The van der Waals surface area contributed by atoms with Crippen molar-refractivity contribution in [3.05, 3.63) is 28.7 Å². The third-order valence-corrected chi connectivity index (χ3v) is 2.27. The minimum Gasteiger partial charge on any atom is -0.481 e. The molecular weight excluding hydrogens is 276 g/mol. The number of urea groups is 1. The number of imide groups is 1. The summed E-state index contributed by atoms with van der Waals surface area (Å²) in [7, 11) is 0. The molecule has 0 aromatic heterocycles. The van der Waals surface area contributed by atoms with E-state index in [1.165, 1.54) is 6.92 Å². The van der Waals surface area contributed by atoms with Gasteiger partial charge in [-0.2, -0.15) is 0 Å². The second kappa shape index (κ2) is 5.50. The number of halogens is 1. The van der Waals surface area contributed by atoms with Crippen molar-refractivity contribution in [3.63, 3.8) is 0 Å². The van der Waals surface area contributed by atoms with Gasteiger partial charge in [0.1, 0.15) is 5.75 Å². The molecule has 0 aliphatic carbocycles. The molecule has 0 spiro atoms. The van der Waals surface area contributed by atoms with Crippen LogP contribution in [-0.2, 0) is 4.79 Å². The van der Waals surface area contributed by atoms with Crippen LogP contribution >= 0.6 is 15.9 Å². The Morgan fingerprint density at radius 3 is 2.44 bits per heavy atom. The van der Waals surface area contributed by atoms with E-state index >= 15 is 0 Å². The minimum absolute atomic E-state index is 0.537. The molecule has 6 heteroatoms. The van der Waals surface area contributed by atoms with Crippen LogP contribution in [0.3, 0.4) is 0 Å². The summed E-state index contributed by atoms with van der Waals surface area (Å²) < 4.78 is 6.20. The first-order chi connectivity index (χ1) is 7.49. The lowest BCUT2D eigenvalue weighted by Gasteiger charge is -2.13. The van der Waals surface area contributed by atoms with E-state index in [4.69, 9.17) is 10.5 Å². The largest absolute Gasteiger partial charge is 0.481 e. The van der Waals surface area contributed by atoms with Crippen molar-refractivity contribution >= 4 is 27.9 Å². The standard InChI is InChI=1S/C10H11BrN2O3/c1-6(9(14)13-10(12)15)16-8-4-2-7(11)3-5-8/h2-6H,1H3,(H3,12,13,14,15). The number of ether oxygens (including phenoxy) is 1. The van der Waals surface area contributed by atoms with Gasteiger partial charge in [0, 0.05) is 4.47 Å². The molecule has 0 radical (unpaired) electrons. The number of benzene rings is 1. The number of carbonyl (C=O) groups excluding carboxylic acids is 2. The van der Waals surface area contributed by atoms with Gasteiger partial charge < -0.3 is 10.5 Å². The Bertz CT molecular complexity index is 392. The van der Waals surface area contributed by atoms with Gasteiger partial charge in [-0.1, -0.05) is 15.9 Å². The smallest absolute Gasteiger partial charge is 0.318 e. The molecule has 0 bridgehead atoms. The second-order valence-electron chi connectivity index (χ2n) is 3.07. The normalized spacial score (nSPS) is 11.6. The Hall–Kier alpha value is -1.56. The van der Waals surface area contributed by atoms with Crippen LogP contribution in [-0.4, -0.2) is 18.0 Å². The van der Waals surface area contributed by atoms with Crippen molar-refractivity contribution < 1.29 is 14.3 Å². The van der Waals surface area contributed by atoms with E-state index in [2.05, 4.69) is 15.9 Å². The van der Waals surface area contributed by atoms with Crippen LogP contribution < -0.4 is 15.8 Å². The van der Waals surface area contributed by atoms with Gasteiger partial charge in [0.05, 0.1) is 0 Å². The monoisotopic (exact) mass is 286 g/mol. The maximum atomic E-state index is 11.3. The first kappa shape index (κ1) is 12.5. The SMILES string of the molecule is CC(Oc1ccc(Br)cc1)C(=O)NC(N)=O. The van der Waals surface area contributed by atoms with Gasteiger partial charge >= 0.3 is 6.03 Å². The average Bonchev–Trinajstić information content (AvgIpc) is 2.20. The predicted octanol–water partition coefficient (Wildman–Crippen LogP) is 1.41. The van der Waals surface area contributed by atoms with Gasteiger partial charge in [0.15, 0.2) is 6.10 Å². The Labute approximate surface area is 101 Å². The highest BCUT2D eigenvalue weighted by molar-refractivity contribution is 9.10. The van der Waals surface area contributed by atoms with E-state index < -0.39 is 18.0 Å². The number of nitrogens with two attached hydrogens (primary N) is 1. The molecule has 1 unspecified atom stereocenters. The molecule has 1 atom stereocenters. The third kappa shape index (κ3) is 3.90. The topological polar surface area (TPSA) is 81.4 Å². The van der Waals surface area contributed by atoms with Crippen LogP contribution in [0.2, 0.25) is 0 Å². The second-order valence-corrected chi connectivity index (χ2v) is 3.98. The Morgan fingerprint density at radius 2 is 1.94 bits per heavy atom. The predicted molar refractivity (Wildman–Crippen MR) is 62.0 cm³/mol. The molecule has 1 rings (SSSR count). The molecule has 1 aromatic rings. The van der Waals surface area contributed by atoms with Crippen LogP contribution in [0.15, 0.2) is 28.7 Å². The van der Waals surface area contributed by atoms with E-state index in [0.29, 0.717) is 5.75 Å². The fourth-order valence-electron chi connectivity index (χ4n) is 0.994. The van der Waals surface area contributed by atoms with E-state index in [-0.39, 0.29) is 0 Å². The molecule has 3 N–H and O–H groups in total. The quantitative estimate of drug-likeness (QED) is 0.882. The van der Waals surface area contributed by atoms with Gasteiger partial charge in [-0.05, 0) is 31.2 Å². The lowest BCUT2D eigenvalue weighted by Crippen LogP contribution is -2.42. The van der Waals surface area contributed by atoms with E-state index in [9.17, 15) is 9.59 Å². The maximum Gasteiger partial charge on any atom is 0.318 e. The molecule has 0 fully saturated rings. The number of hydrogen-bond donors (Lipinski definition) is 2. The third-order valence-electron chi connectivity index (χ3n) is 1.74. The molecule has 16 heavy (non-hydrogen) atoms. The number of amides is 3. The summed E-state index contributed by atoms with van der Waals surface area (Å²) in [4.78, 5) is 21.7. The van der Waals surface area contributed by atoms with Crippen molar-refractivity contribution in [2.75, 3.05) is 0 Å². The summed E-state index contributed by atoms with van der Waals surface area (Å²) in [5, 5.41) is 1.94. The summed E-state index contributed by atoms with van der Waals surface area (Å²) in [5.41, 5.74) is 4.81. The first-order valence-corrected chi connectivity index (χ1v) is 5.31. The van der Waals surface area contributed by atoms with Gasteiger partial charge in [-0.15, -0.1) is 0 Å². The van der Waals surface area contributed by atoms with Gasteiger partial charge in [-0.3, -0.25) is 10.1 Å². The number of nitrogens with one attached hydrogen (secondary N) is 1. The lowest BCUT2D eigenvalue weighted by atomic mass is 10.3. The van der Waals surface area contributed by atoms with Gasteiger partial charge in [0.25, 0.3) is 5.91 Å². The summed E-state index contributed by atoms with van der Waals surface area (Å²) in [6.07, 6.45) is -0.784. The van der Waals surface area contributed by atoms with Gasteiger partial charge in [0.2, 0.25) is 0 Å². The lowest BCUT2D eigenvalue weighted by molar-refractivity contribution is -0.126. The number of hydrogen-bond acceptors (Lipinski definition) is 3. The van der Waals surface area contributed by atoms with Crippen LogP contribution in [0.25, 0.3) is 0 Å². The molecule has 0 aliphatic heterocycles. The van der Waals surface area contributed by atoms with E-state index in [1.54, 1.807) is 24.3 Å². The summed E-state index contributed by atoms with van der Waals surface area (Å²) in [6, 6.07) is 6.09. The van der Waals surface area contributed by atoms with Crippen LogP contribution in [0.1, 0.15) is 6.92 Å². The Morgan fingerprint density at radius 1 is 1.38 bits per heavy atom. The summed E-state index contributed by atoms with van der Waals surface area (Å²) in [5.74, 6) is -0.0364. The molecule has 0 saturated heterocycles. The number of rotatable bonds is 3. The van der Waals surface area contributed by atoms with Crippen LogP contribution in [0.4, 0.5) is 4.79 Å². The number of carbonyl (C=O) groups is 2. The van der Waals surface area contributed by atoms with E-state index in [0.717, 1.165) is 4.47 Å². The molecular formula is C10H11BrN2O3. The zero-order chi connectivity index (χ0) is 12.1. The van der Waals surface area contributed by atoms with Crippen LogP contribution in [0, 0.1) is 0 Å². The summed E-state index contributed by atoms with van der Waals surface area (Å²) >= 11 is 3.28. The zero-order valence-corrected chi connectivity index (χ0v) is 10.2. The molecule has 0 aliphatic rings. The highest BCUT2D eigenvalue weighted by Crippen LogP contribution is 2.17. The zero-order valence-electron chi connectivity index (χ0n) is 8.57. The van der Waals surface area contributed by atoms with Crippen molar-refractivity contribution in [2.45, 2.75) is 13.0 Å². The van der Waals surface area contributed by atoms with Gasteiger partial charge in [-0.25, -0.2) is 4.79 Å². The Kier molecular flexibility index (Phi) is 4.30. The molecule has 3 amide bonds. The summed E-state index contributed by atoms with van der Waals surface area (Å²) in [6.45, 7) is 1.53. The van der Waals surface area contributed by atoms with Crippen LogP contribution in [0.5, 0.6) is 5.75 Å². The Balaban J connectivity index is 2.57. The molecule has 0 saturated carbocycles. The number of primary amides is 1. The maximum absolute atomic E-state index is 11.3. The highest BCUT2D eigenvalue weighted by atomic mass is 79.9. The fourth-order valence-corrected chi connectivity index (χ4v) is 1.26. The average molecular weight is 287 g/mol. The minimum atomic E-state index is -0.892.